The van der Waals surface area contributed by atoms with Gasteiger partial charge in [-0.15, -0.1) is 0 Å². The summed E-state index contributed by atoms with van der Waals surface area (Å²) < 4.78 is 0. The highest BCUT2D eigenvalue weighted by Gasteiger charge is 2.33. The number of rotatable bonds is 1. The molecule has 3 heteroatoms. The molecule has 0 radical (unpaired) electrons. The second-order valence-electron chi connectivity index (χ2n) is 5.29. The minimum Gasteiger partial charge on any atom is -0.371 e. The number of nitrogens with two attached hydrogens (primary N) is 1. The lowest BCUT2D eigenvalue weighted by molar-refractivity contribution is 0.245. The van der Waals surface area contributed by atoms with Gasteiger partial charge in [-0.1, -0.05) is 31.5 Å². The van der Waals surface area contributed by atoms with Crippen LogP contribution in [-0.2, 0) is 0 Å². The van der Waals surface area contributed by atoms with Gasteiger partial charge in [0.15, 0.2) is 0 Å². The molecule has 1 heterocycles. The highest BCUT2D eigenvalue weighted by Crippen LogP contribution is 2.31. The van der Waals surface area contributed by atoms with Crippen LogP contribution in [0.5, 0.6) is 0 Å². The summed E-state index contributed by atoms with van der Waals surface area (Å²) in [6.07, 6.45) is 1.04. The molecule has 1 aromatic rings. The first kappa shape index (κ1) is 11.7. The summed E-state index contributed by atoms with van der Waals surface area (Å²) in [4.78, 5) is 2.37. The van der Waals surface area contributed by atoms with E-state index in [4.69, 9.17) is 17.3 Å². The third kappa shape index (κ3) is 2.33. The first-order chi connectivity index (χ1) is 7.49. The van der Waals surface area contributed by atoms with E-state index in [0.717, 1.165) is 24.5 Å². The van der Waals surface area contributed by atoms with Gasteiger partial charge >= 0.3 is 0 Å². The maximum atomic E-state index is 6.13. The lowest BCUT2D eigenvalue weighted by Crippen LogP contribution is -2.52. The van der Waals surface area contributed by atoms with Crippen LogP contribution in [0.15, 0.2) is 24.3 Å². The monoisotopic (exact) mass is 238 g/mol. The number of hydrogen-bond acceptors (Lipinski definition) is 2. The van der Waals surface area contributed by atoms with Crippen LogP contribution in [0.4, 0.5) is 5.69 Å². The second-order valence-corrected chi connectivity index (χ2v) is 5.72. The van der Waals surface area contributed by atoms with Crippen LogP contribution in [0.25, 0.3) is 0 Å². The Morgan fingerprint density at radius 2 is 2.19 bits per heavy atom. The molecule has 1 aliphatic rings. The first-order valence-electron chi connectivity index (χ1n) is 5.75. The van der Waals surface area contributed by atoms with Gasteiger partial charge in [0.05, 0.1) is 0 Å². The number of hydrogen-bond donors (Lipinski definition) is 1. The topological polar surface area (TPSA) is 29.3 Å². The lowest BCUT2D eigenvalue weighted by atomic mass is 9.79. The van der Waals surface area contributed by atoms with Crippen molar-refractivity contribution in [1.82, 2.24) is 0 Å². The first-order valence-corrected chi connectivity index (χ1v) is 6.13. The SMILES string of the molecule is CC1(C)CN(c2cccc(Cl)c2)CCC1N. The number of anilines is 1. The summed E-state index contributed by atoms with van der Waals surface area (Å²) >= 11 is 6.01. The zero-order chi connectivity index (χ0) is 11.8. The third-order valence-corrected chi connectivity index (χ3v) is 3.72. The van der Waals surface area contributed by atoms with Crippen molar-refractivity contribution in [3.8, 4) is 0 Å². The Labute approximate surface area is 102 Å². The minimum atomic E-state index is 0.167. The molecule has 1 aliphatic heterocycles. The number of piperidine rings is 1. The Bertz CT molecular complexity index is 376. The molecule has 0 saturated carbocycles. The van der Waals surface area contributed by atoms with Crippen molar-refractivity contribution in [2.45, 2.75) is 26.3 Å². The normalized spacial score (nSPS) is 24.5. The van der Waals surface area contributed by atoms with Gasteiger partial charge < -0.3 is 10.6 Å². The van der Waals surface area contributed by atoms with Crippen LogP contribution < -0.4 is 10.6 Å². The maximum absolute atomic E-state index is 6.13. The zero-order valence-electron chi connectivity index (χ0n) is 9.91. The minimum absolute atomic E-state index is 0.167. The van der Waals surface area contributed by atoms with Crippen molar-refractivity contribution in [3.05, 3.63) is 29.3 Å². The molecular weight excluding hydrogens is 220 g/mol. The zero-order valence-corrected chi connectivity index (χ0v) is 10.7. The van der Waals surface area contributed by atoms with Crippen molar-refractivity contribution < 1.29 is 0 Å². The molecule has 2 N–H and O–H groups in total. The largest absolute Gasteiger partial charge is 0.371 e. The molecule has 0 amide bonds. The van der Waals surface area contributed by atoms with E-state index in [2.05, 4.69) is 24.8 Å². The molecule has 2 nitrogen and oxygen atoms in total. The van der Waals surface area contributed by atoms with Gasteiger partial charge in [0.1, 0.15) is 0 Å². The van der Waals surface area contributed by atoms with Crippen LogP contribution in [0.2, 0.25) is 5.02 Å². The van der Waals surface area contributed by atoms with Crippen molar-refractivity contribution in [2.24, 2.45) is 11.1 Å². The summed E-state index contributed by atoms with van der Waals surface area (Å²) in [5, 5.41) is 0.796. The summed E-state index contributed by atoms with van der Waals surface area (Å²) in [5.41, 5.74) is 7.50. The van der Waals surface area contributed by atoms with E-state index in [0.29, 0.717) is 6.04 Å². The smallest absolute Gasteiger partial charge is 0.0426 e. The van der Waals surface area contributed by atoms with Gasteiger partial charge in [0.2, 0.25) is 0 Å². The van der Waals surface area contributed by atoms with Crippen LogP contribution in [-0.4, -0.2) is 19.1 Å². The quantitative estimate of drug-likeness (QED) is 0.815. The molecule has 0 spiro atoms. The fourth-order valence-electron chi connectivity index (χ4n) is 2.27. The van der Waals surface area contributed by atoms with E-state index in [-0.39, 0.29) is 5.41 Å². The molecule has 1 saturated heterocycles. The number of halogens is 1. The fraction of sp³-hybridized carbons (Fsp3) is 0.538. The summed E-state index contributed by atoms with van der Waals surface area (Å²) in [6.45, 7) is 6.47. The molecule has 0 bridgehead atoms. The third-order valence-electron chi connectivity index (χ3n) is 3.49. The van der Waals surface area contributed by atoms with Crippen LogP contribution in [0, 0.1) is 5.41 Å². The van der Waals surface area contributed by atoms with Gasteiger partial charge in [0, 0.05) is 29.8 Å². The molecule has 2 rings (SSSR count). The van der Waals surface area contributed by atoms with Gasteiger partial charge in [0.25, 0.3) is 0 Å². The highest BCUT2D eigenvalue weighted by molar-refractivity contribution is 6.30. The van der Waals surface area contributed by atoms with E-state index in [1.54, 1.807) is 0 Å². The van der Waals surface area contributed by atoms with Crippen molar-refractivity contribution in [3.63, 3.8) is 0 Å². The van der Waals surface area contributed by atoms with E-state index >= 15 is 0 Å². The Hall–Kier alpha value is -0.730. The molecule has 16 heavy (non-hydrogen) atoms. The van der Waals surface area contributed by atoms with Crippen LogP contribution >= 0.6 is 11.6 Å². The fourth-order valence-corrected chi connectivity index (χ4v) is 2.45. The Morgan fingerprint density at radius 3 is 2.81 bits per heavy atom. The average Bonchev–Trinajstić information content (AvgIpc) is 2.22. The van der Waals surface area contributed by atoms with E-state index in [1.165, 1.54) is 5.69 Å². The highest BCUT2D eigenvalue weighted by atomic mass is 35.5. The molecule has 1 unspecified atom stereocenters. The number of nitrogens with zero attached hydrogens (tertiary/aromatic N) is 1. The van der Waals surface area contributed by atoms with Crippen molar-refractivity contribution in [1.29, 1.82) is 0 Å². The second kappa shape index (κ2) is 4.27. The molecule has 1 atom stereocenters. The van der Waals surface area contributed by atoms with E-state index in [9.17, 15) is 0 Å². The van der Waals surface area contributed by atoms with Gasteiger partial charge in [-0.25, -0.2) is 0 Å². The van der Waals surface area contributed by atoms with Crippen LogP contribution in [0.3, 0.4) is 0 Å². The van der Waals surface area contributed by atoms with Crippen LogP contribution in [0.1, 0.15) is 20.3 Å². The predicted molar refractivity (Wildman–Crippen MR) is 70.0 cm³/mol. The Morgan fingerprint density at radius 1 is 1.44 bits per heavy atom. The summed E-state index contributed by atoms with van der Waals surface area (Å²) in [6, 6.07) is 8.33. The predicted octanol–water partition coefficient (Wildman–Crippen LogP) is 2.90. The average molecular weight is 239 g/mol. The van der Waals surface area contributed by atoms with Gasteiger partial charge in [-0.3, -0.25) is 0 Å². The molecular formula is C13H19ClN2. The Balaban J connectivity index is 2.18. The van der Waals surface area contributed by atoms with E-state index in [1.807, 2.05) is 18.2 Å². The van der Waals surface area contributed by atoms with Gasteiger partial charge in [-0.2, -0.15) is 0 Å². The summed E-state index contributed by atoms with van der Waals surface area (Å²) in [7, 11) is 0. The number of benzene rings is 1. The molecule has 1 aromatic carbocycles. The van der Waals surface area contributed by atoms with Gasteiger partial charge in [-0.05, 0) is 30.0 Å². The Kier molecular flexibility index (Phi) is 3.13. The van der Waals surface area contributed by atoms with Crippen molar-refractivity contribution >= 4 is 17.3 Å². The standard InChI is InChI=1S/C13H19ClN2/c1-13(2)9-16(7-6-12(13)15)11-5-3-4-10(14)8-11/h3-5,8,12H,6-7,9,15H2,1-2H3. The molecule has 0 aliphatic carbocycles. The summed E-state index contributed by atoms with van der Waals surface area (Å²) in [5.74, 6) is 0. The lowest BCUT2D eigenvalue weighted by Gasteiger charge is -2.43. The molecule has 0 aromatic heterocycles. The van der Waals surface area contributed by atoms with Crippen molar-refractivity contribution in [2.75, 3.05) is 18.0 Å². The molecule has 88 valence electrons. The molecule has 1 fully saturated rings. The van der Waals surface area contributed by atoms with E-state index < -0.39 is 0 Å². The maximum Gasteiger partial charge on any atom is 0.0426 e.